The van der Waals surface area contributed by atoms with Gasteiger partial charge >= 0.3 is 5.97 Å². The van der Waals surface area contributed by atoms with Crippen LogP contribution in [0.1, 0.15) is 26.7 Å². The van der Waals surface area contributed by atoms with Crippen molar-refractivity contribution in [1.29, 1.82) is 0 Å². The lowest BCUT2D eigenvalue weighted by molar-refractivity contribution is -0.139. The van der Waals surface area contributed by atoms with Crippen molar-refractivity contribution in [2.75, 3.05) is 0 Å². The van der Waals surface area contributed by atoms with Crippen LogP contribution in [0.25, 0.3) is 11.0 Å². The minimum absolute atomic E-state index is 0.0253. The summed E-state index contributed by atoms with van der Waals surface area (Å²) in [6.07, 6.45) is 2.64. The van der Waals surface area contributed by atoms with Crippen molar-refractivity contribution in [3.05, 3.63) is 64.0 Å². The van der Waals surface area contributed by atoms with Crippen LogP contribution in [0.2, 0.25) is 5.02 Å². The van der Waals surface area contributed by atoms with E-state index in [1.54, 1.807) is 36.4 Å². The van der Waals surface area contributed by atoms with E-state index in [1.165, 1.54) is 12.3 Å². The van der Waals surface area contributed by atoms with E-state index in [0.717, 1.165) is 0 Å². The molecule has 0 radical (unpaired) electrons. The normalized spacial score (nSPS) is 11.0. The fourth-order valence-corrected chi connectivity index (χ4v) is 2.87. The molecule has 0 aliphatic rings. The highest BCUT2D eigenvalue weighted by Gasteiger charge is 2.17. The number of carbonyl (C=O) groups excluding carboxylic acids is 1. The average Bonchev–Trinajstić information content (AvgIpc) is 2.66. The van der Waals surface area contributed by atoms with Gasteiger partial charge in [0.05, 0.1) is 16.3 Å². The number of esters is 1. The molecule has 2 aromatic carbocycles. The van der Waals surface area contributed by atoms with Crippen LogP contribution < -0.4 is 14.9 Å². The molecular formula is C21H19ClO5. The third-order valence-corrected chi connectivity index (χ3v) is 4.62. The van der Waals surface area contributed by atoms with Crippen molar-refractivity contribution in [2.45, 2.75) is 26.7 Å². The first-order valence-corrected chi connectivity index (χ1v) is 9.10. The summed E-state index contributed by atoms with van der Waals surface area (Å²) < 4.78 is 16.5. The molecule has 0 aliphatic carbocycles. The van der Waals surface area contributed by atoms with E-state index in [9.17, 15) is 9.59 Å². The van der Waals surface area contributed by atoms with Gasteiger partial charge in [-0.3, -0.25) is 9.59 Å². The molecular weight excluding hydrogens is 368 g/mol. The van der Waals surface area contributed by atoms with Crippen molar-refractivity contribution in [2.24, 2.45) is 5.92 Å². The second-order valence-electron chi connectivity index (χ2n) is 6.05. The first-order chi connectivity index (χ1) is 13.0. The number of rotatable bonds is 6. The van der Waals surface area contributed by atoms with Crippen LogP contribution in [0.4, 0.5) is 0 Å². The second-order valence-corrected chi connectivity index (χ2v) is 6.46. The number of ether oxygens (including phenoxy) is 2. The summed E-state index contributed by atoms with van der Waals surface area (Å²) in [5.41, 5.74) is -0.0320. The van der Waals surface area contributed by atoms with Crippen LogP contribution in [-0.2, 0) is 4.79 Å². The third kappa shape index (κ3) is 4.14. The smallest absolute Gasteiger partial charge is 0.314 e. The molecule has 0 bridgehead atoms. The van der Waals surface area contributed by atoms with Crippen LogP contribution in [0.3, 0.4) is 0 Å². The monoisotopic (exact) mass is 386 g/mol. The molecule has 0 saturated heterocycles. The van der Waals surface area contributed by atoms with Crippen LogP contribution in [0.5, 0.6) is 17.2 Å². The fourth-order valence-electron chi connectivity index (χ4n) is 2.69. The molecule has 1 aromatic heterocycles. The van der Waals surface area contributed by atoms with Gasteiger partial charge in [0.15, 0.2) is 0 Å². The molecule has 0 atom stereocenters. The van der Waals surface area contributed by atoms with Gasteiger partial charge in [0.2, 0.25) is 11.2 Å². The number of benzene rings is 2. The Bertz CT molecular complexity index is 1020. The summed E-state index contributed by atoms with van der Waals surface area (Å²) in [7, 11) is 0. The predicted octanol–water partition coefficient (Wildman–Crippen LogP) is 5.58. The van der Waals surface area contributed by atoms with Crippen molar-refractivity contribution < 1.29 is 18.7 Å². The van der Waals surface area contributed by atoms with Crippen LogP contribution in [0, 0.1) is 5.92 Å². The lowest BCUT2D eigenvalue weighted by atomic mass is 10.0. The number of para-hydroxylation sites is 1. The SMILES string of the molecule is CCC(CC)C(=O)Oc1ccc2c(=O)c(Oc3ccccc3Cl)coc2c1. The van der Waals surface area contributed by atoms with Crippen molar-refractivity contribution in [3.8, 4) is 17.2 Å². The Morgan fingerprint density at radius 3 is 2.56 bits per heavy atom. The maximum Gasteiger partial charge on any atom is 0.314 e. The lowest BCUT2D eigenvalue weighted by Crippen LogP contribution is -2.19. The fraction of sp³-hybridized carbons (Fsp3) is 0.238. The summed E-state index contributed by atoms with van der Waals surface area (Å²) in [6, 6.07) is 11.5. The molecule has 6 heteroatoms. The van der Waals surface area contributed by atoms with E-state index in [-0.39, 0.29) is 23.1 Å². The minimum Gasteiger partial charge on any atom is -0.460 e. The zero-order chi connectivity index (χ0) is 19.4. The van der Waals surface area contributed by atoms with Gasteiger partial charge in [-0.05, 0) is 37.1 Å². The molecule has 1 heterocycles. The number of fused-ring (bicyclic) bond motifs is 1. The lowest BCUT2D eigenvalue weighted by Gasteiger charge is -2.12. The molecule has 0 spiro atoms. The molecule has 0 saturated carbocycles. The van der Waals surface area contributed by atoms with Crippen LogP contribution >= 0.6 is 11.6 Å². The number of hydrogen-bond donors (Lipinski definition) is 0. The van der Waals surface area contributed by atoms with E-state index in [2.05, 4.69) is 0 Å². The standard InChI is InChI=1S/C21H19ClO5/c1-3-13(4-2)21(24)26-14-9-10-15-18(11-14)25-12-19(20(15)23)27-17-8-6-5-7-16(17)22/h5-13H,3-4H2,1-2H3. The first-order valence-electron chi connectivity index (χ1n) is 8.73. The quantitative estimate of drug-likeness (QED) is 0.408. The topological polar surface area (TPSA) is 65.7 Å². The van der Waals surface area contributed by atoms with Gasteiger partial charge in [-0.25, -0.2) is 0 Å². The highest BCUT2D eigenvalue weighted by atomic mass is 35.5. The summed E-state index contributed by atoms with van der Waals surface area (Å²) in [6.45, 7) is 3.88. The van der Waals surface area contributed by atoms with E-state index < -0.39 is 0 Å². The third-order valence-electron chi connectivity index (χ3n) is 4.31. The highest BCUT2D eigenvalue weighted by Crippen LogP contribution is 2.29. The van der Waals surface area contributed by atoms with E-state index in [0.29, 0.717) is 40.3 Å². The van der Waals surface area contributed by atoms with E-state index >= 15 is 0 Å². The maximum absolute atomic E-state index is 12.6. The molecule has 3 aromatic rings. The Labute approximate surface area is 161 Å². The van der Waals surface area contributed by atoms with Gasteiger partial charge in [-0.1, -0.05) is 37.6 Å². The average molecular weight is 387 g/mol. The molecule has 0 aliphatic heterocycles. The van der Waals surface area contributed by atoms with Crippen molar-refractivity contribution in [3.63, 3.8) is 0 Å². The van der Waals surface area contributed by atoms with E-state index in [1.807, 2.05) is 13.8 Å². The molecule has 0 amide bonds. The van der Waals surface area contributed by atoms with Crippen LogP contribution in [0.15, 0.2) is 57.9 Å². The molecule has 140 valence electrons. The Morgan fingerprint density at radius 2 is 1.85 bits per heavy atom. The number of hydrogen-bond acceptors (Lipinski definition) is 5. The van der Waals surface area contributed by atoms with Crippen molar-refractivity contribution in [1.82, 2.24) is 0 Å². The molecule has 5 nitrogen and oxygen atoms in total. The van der Waals surface area contributed by atoms with Crippen molar-refractivity contribution >= 4 is 28.5 Å². The molecule has 0 N–H and O–H groups in total. The summed E-state index contributed by atoms with van der Waals surface area (Å²) in [5.74, 6) is 0.278. The molecule has 27 heavy (non-hydrogen) atoms. The molecule has 0 unspecified atom stereocenters. The Kier molecular flexibility index (Phi) is 5.81. The Hall–Kier alpha value is -2.79. The summed E-state index contributed by atoms with van der Waals surface area (Å²) >= 11 is 6.06. The Balaban J connectivity index is 1.88. The van der Waals surface area contributed by atoms with Gasteiger partial charge < -0.3 is 13.9 Å². The zero-order valence-corrected chi connectivity index (χ0v) is 15.8. The van der Waals surface area contributed by atoms with E-state index in [4.69, 9.17) is 25.5 Å². The summed E-state index contributed by atoms with van der Waals surface area (Å²) in [4.78, 5) is 24.8. The second kappa shape index (κ2) is 8.27. The minimum atomic E-state index is -0.339. The molecule has 0 fully saturated rings. The molecule has 3 rings (SSSR count). The predicted molar refractivity (Wildman–Crippen MR) is 104 cm³/mol. The number of halogens is 1. The zero-order valence-electron chi connectivity index (χ0n) is 15.0. The Morgan fingerprint density at radius 1 is 1.11 bits per heavy atom. The first kappa shape index (κ1) is 19.0. The summed E-state index contributed by atoms with van der Waals surface area (Å²) in [5, 5.41) is 0.711. The van der Waals surface area contributed by atoms with Gasteiger partial charge in [-0.2, -0.15) is 0 Å². The maximum atomic E-state index is 12.6. The largest absolute Gasteiger partial charge is 0.460 e. The van der Waals surface area contributed by atoms with Crippen LogP contribution in [-0.4, -0.2) is 5.97 Å². The van der Waals surface area contributed by atoms with Gasteiger partial charge in [-0.15, -0.1) is 0 Å². The number of carbonyl (C=O) groups is 1. The van der Waals surface area contributed by atoms with Gasteiger partial charge in [0.1, 0.15) is 23.3 Å². The van der Waals surface area contributed by atoms with Gasteiger partial charge in [0, 0.05) is 6.07 Å². The highest BCUT2D eigenvalue weighted by molar-refractivity contribution is 6.32. The van der Waals surface area contributed by atoms with Gasteiger partial charge in [0.25, 0.3) is 0 Å².